The zero-order valence-corrected chi connectivity index (χ0v) is 10.5. The molecule has 0 aliphatic heterocycles. The Hall–Kier alpha value is -0.320. The van der Waals surface area contributed by atoms with E-state index < -0.39 is 30.7 Å². The zero-order valence-electron chi connectivity index (χ0n) is 10.5. The fourth-order valence-electron chi connectivity index (χ4n) is 1.63. The van der Waals surface area contributed by atoms with Crippen LogP contribution in [0, 0.1) is 0 Å². The van der Waals surface area contributed by atoms with E-state index in [9.17, 15) is 17.6 Å². The van der Waals surface area contributed by atoms with Crippen molar-refractivity contribution in [2.24, 2.45) is 5.73 Å². The van der Waals surface area contributed by atoms with Crippen molar-refractivity contribution < 1.29 is 17.6 Å². The summed E-state index contributed by atoms with van der Waals surface area (Å²) in [5.74, 6) is 0. The van der Waals surface area contributed by atoms with Gasteiger partial charge >= 0.3 is 0 Å². The number of hydrogen-bond acceptors (Lipinski definition) is 1. The van der Waals surface area contributed by atoms with E-state index >= 15 is 0 Å². The molecule has 1 nitrogen and oxygen atoms in total. The van der Waals surface area contributed by atoms with Gasteiger partial charge in [0.25, 0.3) is 0 Å². The van der Waals surface area contributed by atoms with Crippen LogP contribution in [0.1, 0.15) is 46.0 Å². The molecule has 0 saturated carbocycles. The van der Waals surface area contributed by atoms with Gasteiger partial charge in [0.2, 0.25) is 0 Å². The predicted molar refractivity (Wildman–Crippen MR) is 62.0 cm³/mol. The summed E-state index contributed by atoms with van der Waals surface area (Å²) in [7, 11) is 0. The molecule has 104 valence electrons. The van der Waals surface area contributed by atoms with E-state index in [1.807, 2.05) is 0 Å². The molecule has 0 radical (unpaired) electrons. The van der Waals surface area contributed by atoms with Gasteiger partial charge in [-0.1, -0.05) is 19.3 Å². The molecule has 0 aromatic rings. The van der Waals surface area contributed by atoms with E-state index in [1.54, 1.807) is 0 Å². The number of unbranched alkanes of at least 4 members (excludes halogenated alkanes) is 2. The molecule has 0 aromatic carbocycles. The van der Waals surface area contributed by atoms with Crippen molar-refractivity contribution in [2.45, 2.75) is 76.7 Å². The van der Waals surface area contributed by atoms with Gasteiger partial charge in [-0.15, -0.1) is 0 Å². The second-order valence-electron chi connectivity index (χ2n) is 4.62. The third-order valence-corrected chi connectivity index (χ3v) is 2.86. The van der Waals surface area contributed by atoms with Gasteiger partial charge < -0.3 is 5.73 Å². The van der Waals surface area contributed by atoms with E-state index in [0.717, 1.165) is 6.92 Å². The maximum atomic E-state index is 13.1. The Morgan fingerprint density at radius 1 is 0.824 bits per heavy atom. The number of rotatable bonds is 9. The molecule has 0 aliphatic carbocycles. The molecular formula is C12H23F4N. The summed E-state index contributed by atoms with van der Waals surface area (Å²) in [5, 5.41) is 0. The third kappa shape index (κ3) is 7.58. The highest BCUT2D eigenvalue weighted by Gasteiger charge is 2.22. The first-order chi connectivity index (χ1) is 7.86. The number of alkyl halides is 4. The minimum atomic E-state index is -1.64. The molecule has 0 fully saturated rings. The Balaban J connectivity index is 3.52. The maximum absolute atomic E-state index is 13.1. The first kappa shape index (κ1) is 16.7. The lowest BCUT2D eigenvalue weighted by Crippen LogP contribution is -2.36. The Labute approximate surface area is 101 Å². The summed E-state index contributed by atoms with van der Waals surface area (Å²) in [6.07, 6.45) is -3.71. The van der Waals surface area contributed by atoms with Gasteiger partial charge in [0, 0.05) is 6.04 Å². The molecule has 5 unspecified atom stereocenters. The first-order valence-corrected chi connectivity index (χ1v) is 6.18. The van der Waals surface area contributed by atoms with E-state index in [0.29, 0.717) is 25.7 Å². The van der Waals surface area contributed by atoms with Crippen LogP contribution >= 0.6 is 0 Å². The Kier molecular flexibility index (Phi) is 8.56. The minimum Gasteiger partial charge on any atom is -0.325 e. The smallest absolute Gasteiger partial charge is 0.146 e. The van der Waals surface area contributed by atoms with Gasteiger partial charge in [-0.2, -0.15) is 0 Å². The molecule has 2 N–H and O–H groups in total. The van der Waals surface area contributed by atoms with Crippen LogP contribution in [0.15, 0.2) is 0 Å². The lowest BCUT2D eigenvalue weighted by atomic mass is 10.0. The topological polar surface area (TPSA) is 26.0 Å². The maximum Gasteiger partial charge on any atom is 0.146 e. The van der Waals surface area contributed by atoms with Crippen LogP contribution in [-0.4, -0.2) is 30.7 Å². The lowest BCUT2D eigenvalue weighted by Gasteiger charge is -2.17. The molecule has 0 amide bonds. The molecule has 0 saturated heterocycles. The Bertz CT molecular complexity index is 187. The summed E-state index contributed by atoms with van der Waals surface area (Å²) in [4.78, 5) is 0. The highest BCUT2D eigenvalue weighted by atomic mass is 19.2. The lowest BCUT2D eigenvalue weighted by molar-refractivity contribution is 0.148. The average Bonchev–Trinajstić information content (AvgIpc) is 2.26. The first-order valence-electron chi connectivity index (χ1n) is 6.18. The summed E-state index contributed by atoms with van der Waals surface area (Å²) in [6.45, 7) is 2.33. The third-order valence-electron chi connectivity index (χ3n) is 2.86. The van der Waals surface area contributed by atoms with Gasteiger partial charge in [-0.3, -0.25) is 0 Å². The van der Waals surface area contributed by atoms with Gasteiger partial charge in [-0.25, -0.2) is 17.6 Å². The molecular weight excluding hydrogens is 234 g/mol. The number of nitrogens with two attached hydrogens (primary N) is 1. The van der Waals surface area contributed by atoms with Gasteiger partial charge in [0.15, 0.2) is 0 Å². The van der Waals surface area contributed by atoms with Crippen LogP contribution in [0.3, 0.4) is 0 Å². The molecule has 5 atom stereocenters. The van der Waals surface area contributed by atoms with E-state index in [1.165, 1.54) is 6.92 Å². The van der Waals surface area contributed by atoms with Crippen molar-refractivity contribution in [2.75, 3.05) is 0 Å². The standard InChI is InChI=1S/C12H23F4N/c1-8(13)10(15)6-4-3-5-7-11(17)12(16)9(2)14/h8-12H,3-7,17H2,1-2H3. The number of halogens is 4. The normalized spacial score (nSPS) is 20.6. The largest absolute Gasteiger partial charge is 0.325 e. The van der Waals surface area contributed by atoms with Gasteiger partial charge in [-0.05, 0) is 26.7 Å². The van der Waals surface area contributed by atoms with Crippen LogP contribution in [0.25, 0.3) is 0 Å². The Morgan fingerprint density at radius 3 is 1.82 bits per heavy atom. The summed E-state index contributed by atoms with van der Waals surface area (Å²) in [6, 6.07) is -0.809. The molecule has 17 heavy (non-hydrogen) atoms. The second kappa shape index (κ2) is 8.72. The van der Waals surface area contributed by atoms with Crippen LogP contribution in [0.2, 0.25) is 0 Å². The van der Waals surface area contributed by atoms with E-state index in [2.05, 4.69) is 0 Å². The minimum absolute atomic E-state index is 0.172. The molecule has 0 aliphatic rings. The molecule has 0 rings (SSSR count). The second-order valence-corrected chi connectivity index (χ2v) is 4.62. The molecule has 5 heteroatoms. The van der Waals surface area contributed by atoms with Gasteiger partial charge in [0.1, 0.15) is 24.7 Å². The molecule has 0 heterocycles. The fraction of sp³-hybridized carbons (Fsp3) is 1.00. The molecule has 0 spiro atoms. The summed E-state index contributed by atoms with van der Waals surface area (Å²) < 4.78 is 50.9. The van der Waals surface area contributed by atoms with Crippen LogP contribution in [0.5, 0.6) is 0 Å². The van der Waals surface area contributed by atoms with Crippen molar-refractivity contribution in [3.63, 3.8) is 0 Å². The van der Waals surface area contributed by atoms with Crippen LogP contribution in [0.4, 0.5) is 17.6 Å². The van der Waals surface area contributed by atoms with Crippen molar-refractivity contribution in [3.05, 3.63) is 0 Å². The van der Waals surface area contributed by atoms with E-state index in [-0.39, 0.29) is 6.42 Å². The zero-order chi connectivity index (χ0) is 13.4. The average molecular weight is 257 g/mol. The highest BCUT2D eigenvalue weighted by Crippen LogP contribution is 2.16. The molecule has 0 aromatic heterocycles. The van der Waals surface area contributed by atoms with Gasteiger partial charge in [0.05, 0.1) is 0 Å². The van der Waals surface area contributed by atoms with Crippen molar-refractivity contribution in [1.29, 1.82) is 0 Å². The van der Waals surface area contributed by atoms with E-state index in [4.69, 9.17) is 5.73 Å². The van der Waals surface area contributed by atoms with Crippen molar-refractivity contribution >= 4 is 0 Å². The summed E-state index contributed by atoms with van der Waals surface area (Å²) >= 11 is 0. The molecule has 0 bridgehead atoms. The van der Waals surface area contributed by atoms with Crippen molar-refractivity contribution in [3.8, 4) is 0 Å². The highest BCUT2D eigenvalue weighted by molar-refractivity contribution is 4.76. The number of hydrogen-bond donors (Lipinski definition) is 1. The van der Waals surface area contributed by atoms with Crippen molar-refractivity contribution in [1.82, 2.24) is 0 Å². The van der Waals surface area contributed by atoms with Crippen LogP contribution < -0.4 is 5.73 Å². The predicted octanol–water partition coefficient (Wildman–Crippen LogP) is 3.66. The SMILES string of the molecule is CC(F)C(F)CCCCCC(N)C(F)C(C)F. The fourth-order valence-corrected chi connectivity index (χ4v) is 1.63. The monoisotopic (exact) mass is 257 g/mol. The van der Waals surface area contributed by atoms with Crippen LogP contribution in [-0.2, 0) is 0 Å². The summed E-state index contributed by atoms with van der Waals surface area (Å²) in [5.41, 5.74) is 5.46. The quantitative estimate of drug-likeness (QED) is 0.495. The Morgan fingerprint density at radius 2 is 1.35 bits per heavy atom.